The van der Waals surface area contributed by atoms with Crippen LogP contribution in [-0.4, -0.2) is 64.3 Å². The molecule has 1 amide bonds. The van der Waals surface area contributed by atoms with E-state index in [1.54, 1.807) is 35.9 Å². The van der Waals surface area contributed by atoms with E-state index >= 15 is 0 Å². The molecule has 0 N–H and O–H groups in total. The second-order valence-corrected chi connectivity index (χ2v) is 9.65. The molecule has 8 heteroatoms. The van der Waals surface area contributed by atoms with Crippen LogP contribution in [0.25, 0.3) is 10.9 Å². The zero-order valence-electron chi connectivity index (χ0n) is 18.8. The molecule has 32 heavy (non-hydrogen) atoms. The first-order valence-electron chi connectivity index (χ1n) is 10.5. The molecule has 0 aliphatic heterocycles. The monoisotopic (exact) mass is 458 g/mol. The molecule has 1 heterocycles. The molecule has 0 radical (unpaired) electrons. The van der Waals surface area contributed by atoms with Crippen molar-refractivity contribution in [3.05, 3.63) is 65.9 Å². The summed E-state index contributed by atoms with van der Waals surface area (Å²) in [6.07, 6.45) is 1.58. The summed E-state index contributed by atoms with van der Waals surface area (Å²) in [7, 11) is -0.437. The number of aromatic nitrogens is 1. The van der Waals surface area contributed by atoms with Crippen LogP contribution < -0.4 is 0 Å². The van der Waals surface area contributed by atoms with Gasteiger partial charge in [-0.3, -0.25) is 4.79 Å². The van der Waals surface area contributed by atoms with Crippen LogP contribution in [0.4, 0.5) is 0 Å². The minimum Gasteiger partial charge on any atom is -0.383 e. The van der Waals surface area contributed by atoms with Crippen molar-refractivity contribution in [2.75, 3.05) is 40.5 Å². The number of benzene rings is 2. The fraction of sp³-hybridized carbons (Fsp3) is 0.375. The van der Waals surface area contributed by atoms with Crippen LogP contribution in [0.3, 0.4) is 0 Å². The van der Waals surface area contributed by atoms with Gasteiger partial charge in [-0.05, 0) is 24.1 Å². The summed E-state index contributed by atoms with van der Waals surface area (Å²) in [5.74, 6) is -0.210. The van der Waals surface area contributed by atoms with Crippen molar-refractivity contribution in [1.29, 1.82) is 0 Å². The molecule has 1 aromatic heterocycles. The predicted molar refractivity (Wildman–Crippen MR) is 124 cm³/mol. The van der Waals surface area contributed by atoms with Crippen molar-refractivity contribution in [3.63, 3.8) is 0 Å². The highest BCUT2D eigenvalue weighted by Gasteiger charge is 2.24. The van der Waals surface area contributed by atoms with Gasteiger partial charge in [-0.1, -0.05) is 42.5 Å². The Hall–Kier alpha value is -2.68. The van der Waals surface area contributed by atoms with Crippen molar-refractivity contribution in [3.8, 4) is 0 Å². The van der Waals surface area contributed by atoms with Gasteiger partial charge < -0.3 is 18.9 Å². The highest BCUT2D eigenvalue weighted by molar-refractivity contribution is 7.90. The Balaban J connectivity index is 1.93. The summed E-state index contributed by atoms with van der Waals surface area (Å²) in [6, 6.07) is 14.7. The Kier molecular flexibility index (Phi) is 8.06. The van der Waals surface area contributed by atoms with E-state index in [4.69, 9.17) is 9.47 Å². The van der Waals surface area contributed by atoms with Crippen LogP contribution in [0.2, 0.25) is 0 Å². The standard InChI is InChI=1S/C24H30N2O5S/c1-19-8-4-5-9-20(19)18-32(28,29)23-16-26(22-11-7-6-10-21(22)23)17-24(27)25(12-14-30-2)13-15-31-3/h4-11,16H,12-15,17-18H2,1-3H3. The van der Waals surface area contributed by atoms with Crippen molar-refractivity contribution >= 4 is 26.6 Å². The molecule has 0 spiro atoms. The Bertz CT molecular complexity index is 1160. The number of nitrogens with zero attached hydrogens (tertiary/aromatic N) is 2. The highest BCUT2D eigenvalue weighted by Crippen LogP contribution is 2.28. The van der Waals surface area contributed by atoms with E-state index in [1.807, 2.05) is 49.4 Å². The molecule has 0 unspecified atom stereocenters. The van der Waals surface area contributed by atoms with Crippen LogP contribution in [0.1, 0.15) is 11.1 Å². The average molecular weight is 459 g/mol. The van der Waals surface area contributed by atoms with E-state index in [1.165, 1.54) is 0 Å². The number of amides is 1. The van der Waals surface area contributed by atoms with Crippen LogP contribution in [0.5, 0.6) is 0 Å². The molecule has 3 rings (SSSR count). The molecule has 3 aromatic rings. The van der Waals surface area contributed by atoms with Gasteiger partial charge in [0.15, 0.2) is 9.84 Å². The molecular formula is C24H30N2O5S. The molecule has 172 valence electrons. The highest BCUT2D eigenvalue weighted by atomic mass is 32.2. The fourth-order valence-electron chi connectivity index (χ4n) is 3.66. The molecule has 0 saturated heterocycles. The van der Waals surface area contributed by atoms with Gasteiger partial charge >= 0.3 is 0 Å². The zero-order valence-corrected chi connectivity index (χ0v) is 19.6. The number of sulfone groups is 1. The number of carbonyl (C=O) groups is 1. The second-order valence-electron chi connectivity index (χ2n) is 7.69. The molecule has 7 nitrogen and oxygen atoms in total. The van der Waals surface area contributed by atoms with E-state index < -0.39 is 9.84 Å². The Morgan fingerprint density at radius 3 is 2.25 bits per heavy atom. The number of carbonyl (C=O) groups excluding carboxylic acids is 1. The first-order valence-corrected chi connectivity index (χ1v) is 12.1. The van der Waals surface area contributed by atoms with Gasteiger partial charge in [0.2, 0.25) is 5.91 Å². The molecule has 0 saturated carbocycles. The van der Waals surface area contributed by atoms with Crippen LogP contribution in [0, 0.1) is 6.92 Å². The first kappa shape index (κ1) is 24.0. The van der Waals surface area contributed by atoms with Gasteiger partial charge in [0, 0.05) is 44.4 Å². The van der Waals surface area contributed by atoms with Crippen molar-refractivity contribution < 1.29 is 22.7 Å². The van der Waals surface area contributed by atoms with Crippen molar-refractivity contribution in [1.82, 2.24) is 9.47 Å². The van der Waals surface area contributed by atoms with Gasteiger partial charge in [-0.2, -0.15) is 0 Å². The largest absolute Gasteiger partial charge is 0.383 e. The number of hydrogen-bond donors (Lipinski definition) is 0. The normalized spacial score (nSPS) is 11.7. The van der Waals surface area contributed by atoms with Gasteiger partial charge in [-0.15, -0.1) is 0 Å². The lowest BCUT2D eigenvalue weighted by atomic mass is 10.1. The van der Waals surface area contributed by atoms with Gasteiger partial charge in [0.05, 0.1) is 23.9 Å². The van der Waals surface area contributed by atoms with Crippen molar-refractivity contribution in [2.24, 2.45) is 0 Å². The number of aryl methyl sites for hydroxylation is 1. The third-order valence-corrected chi connectivity index (χ3v) is 7.17. The fourth-order valence-corrected chi connectivity index (χ4v) is 5.34. The van der Waals surface area contributed by atoms with Crippen LogP contribution in [-0.2, 0) is 36.4 Å². The Morgan fingerprint density at radius 2 is 1.59 bits per heavy atom. The van der Waals surface area contributed by atoms with Gasteiger partial charge in [-0.25, -0.2) is 8.42 Å². The molecule has 0 bridgehead atoms. The second kappa shape index (κ2) is 10.8. The number of methoxy groups -OCH3 is 2. The van der Waals surface area contributed by atoms with E-state index in [9.17, 15) is 13.2 Å². The quantitative estimate of drug-likeness (QED) is 0.441. The maximum absolute atomic E-state index is 13.3. The summed E-state index contributed by atoms with van der Waals surface area (Å²) in [4.78, 5) is 14.9. The van der Waals surface area contributed by atoms with Crippen molar-refractivity contribution in [2.45, 2.75) is 24.1 Å². The first-order chi connectivity index (χ1) is 15.4. The van der Waals surface area contributed by atoms with E-state index in [-0.39, 0.29) is 23.1 Å². The summed E-state index contributed by atoms with van der Waals surface area (Å²) < 4.78 is 38.6. The number of hydrogen-bond acceptors (Lipinski definition) is 5. The van der Waals surface area contributed by atoms with Crippen LogP contribution >= 0.6 is 0 Å². The molecule has 0 atom stereocenters. The third kappa shape index (κ3) is 5.56. The summed E-state index contributed by atoms with van der Waals surface area (Å²) in [6.45, 7) is 3.65. The molecular weight excluding hydrogens is 428 g/mol. The van der Waals surface area contributed by atoms with Gasteiger partial charge in [0.1, 0.15) is 6.54 Å². The summed E-state index contributed by atoms with van der Waals surface area (Å²) in [5, 5.41) is 0.620. The SMILES string of the molecule is COCCN(CCOC)C(=O)Cn1cc(S(=O)(=O)Cc2ccccc2C)c2ccccc21. The van der Waals surface area contributed by atoms with Gasteiger partial charge in [0.25, 0.3) is 0 Å². The number of para-hydroxylation sites is 1. The van der Waals surface area contributed by atoms with E-state index in [0.29, 0.717) is 37.2 Å². The number of ether oxygens (including phenoxy) is 2. The zero-order chi connectivity index (χ0) is 23.1. The van der Waals surface area contributed by atoms with E-state index in [2.05, 4.69) is 0 Å². The van der Waals surface area contributed by atoms with E-state index in [0.717, 1.165) is 11.1 Å². The molecule has 2 aromatic carbocycles. The topological polar surface area (TPSA) is 77.8 Å². The predicted octanol–water partition coefficient (Wildman–Crippen LogP) is 3.05. The lowest BCUT2D eigenvalue weighted by molar-refractivity contribution is -0.133. The lowest BCUT2D eigenvalue weighted by Gasteiger charge is -2.22. The molecule has 0 aliphatic carbocycles. The Morgan fingerprint density at radius 1 is 0.969 bits per heavy atom. The summed E-state index contributed by atoms with van der Waals surface area (Å²) in [5.41, 5.74) is 2.41. The maximum Gasteiger partial charge on any atom is 0.242 e. The number of fused-ring (bicyclic) bond motifs is 1. The molecule has 0 aliphatic rings. The average Bonchev–Trinajstić information content (AvgIpc) is 3.15. The minimum absolute atomic E-state index is 0.0355. The number of rotatable bonds is 11. The third-order valence-electron chi connectivity index (χ3n) is 5.48. The smallest absolute Gasteiger partial charge is 0.242 e. The maximum atomic E-state index is 13.3. The Labute approximate surface area is 189 Å². The molecule has 0 fully saturated rings. The minimum atomic E-state index is -3.61. The summed E-state index contributed by atoms with van der Waals surface area (Å²) >= 11 is 0. The lowest BCUT2D eigenvalue weighted by Crippen LogP contribution is -2.38. The van der Waals surface area contributed by atoms with Crippen LogP contribution in [0.15, 0.2) is 59.6 Å².